The number of rotatable bonds is 10. The standard InChI is InChI=1S/C24H32BrN3O4S/c1-17-13-18(2)15-22(14-17)28(33(5,31)32)12-6-7-23(29)27(19(3)24(30)26-4)16-20-8-10-21(25)11-9-20/h8-11,13-15,19H,6-7,12,16H2,1-5H3,(H,26,30)/t19-/m1/s1. The number of hydrogen-bond donors (Lipinski definition) is 1. The maximum absolute atomic E-state index is 13.1. The van der Waals surface area contributed by atoms with E-state index in [-0.39, 0.29) is 31.3 Å². The van der Waals surface area contributed by atoms with E-state index in [1.807, 2.05) is 56.3 Å². The number of aryl methyl sites for hydroxylation is 2. The highest BCUT2D eigenvalue weighted by Gasteiger charge is 2.26. The van der Waals surface area contributed by atoms with Gasteiger partial charge >= 0.3 is 0 Å². The second kappa shape index (κ2) is 11.7. The Labute approximate surface area is 205 Å². The predicted octanol–water partition coefficient (Wildman–Crippen LogP) is 3.78. The maximum atomic E-state index is 13.1. The Kier molecular flexibility index (Phi) is 9.48. The van der Waals surface area contributed by atoms with Gasteiger partial charge in [-0.3, -0.25) is 13.9 Å². The molecule has 9 heteroatoms. The highest BCUT2D eigenvalue weighted by atomic mass is 79.9. The van der Waals surface area contributed by atoms with Gasteiger partial charge in [0.15, 0.2) is 0 Å². The van der Waals surface area contributed by atoms with Gasteiger partial charge in [0.05, 0.1) is 11.9 Å². The second-order valence-electron chi connectivity index (χ2n) is 8.22. The van der Waals surface area contributed by atoms with Gasteiger partial charge in [-0.1, -0.05) is 34.1 Å². The van der Waals surface area contributed by atoms with Crippen LogP contribution in [0, 0.1) is 13.8 Å². The molecule has 0 unspecified atom stereocenters. The van der Waals surface area contributed by atoms with Crippen molar-refractivity contribution in [3.8, 4) is 0 Å². The zero-order valence-corrected chi connectivity index (χ0v) is 22.2. The van der Waals surface area contributed by atoms with Crippen LogP contribution in [0.1, 0.15) is 36.5 Å². The predicted molar refractivity (Wildman–Crippen MR) is 136 cm³/mol. The van der Waals surface area contributed by atoms with Crippen LogP contribution < -0.4 is 9.62 Å². The fourth-order valence-corrected chi connectivity index (χ4v) is 4.89. The minimum absolute atomic E-state index is 0.120. The summed E-state index contributed by atoms with van der Waals surface area (Å²) in [5.41, 5.74) is 3.42. The van der Waals surface area contributed by atoms with Gasteiger partial charge < -0.3 is 10.2 Å². The summed E-state index contributed by atoms with van der Waals surface area (Å²) in [6.45, 7) is 5.98. The van der Waals surface area contributed by atoms with E-state index in [9.17, 15) is 18.0 Å². The molecule has 7 nitrogen and oxygen atoms in total. The molecule has 0 aliphatic carbocycles. The molecule has 0 spiro atoms. The second-order valence-corrected chi connectivity index (χ2v) is 11.0. The van der Waals surface area contributed by atoms with Gasteiger partial charge in [0.1, 0.15) is 6.04 Å². The molecule has 0 fully saturated rings. The fourth-order valence-electron chi connectivity index (χ4n) is 3.68. The van der Waals surface area contributed by atoms with Crippen molar-refractivity contribution in [2.24, 2.45) is 0 Å². The zero-order valence-electron chi connectivity index (χ0n) is 19.8. The van der Waals surface area contributed by atoms with E-state index in [4.69, 9.17) is 0 Å². The molecule has 0 bridgehead atoms. The molecule has 180 valence electrons. The highest BCUT2D eigenvalue weighted by Crippen LogP contribution is 2.22. The van der Waals surface area contributed by atoms with Gasteiger partial charge in [-0.25, -0.2) is 8.42 Å². The first kappa shape index (κ1) is 26.9. The number of likely N-dealkylation sites (N-methyl/N-ethyl adjacent to an activating group) is 1. The summed E-state index contributed by atoms with van der Waals surface area (Å²) in [6.07, 6.45) is 1.62. The lowest BCUT2D eigenvalue weighted by Crippen LogP contribution is -2.46. The van der Waals surface area contributed by atoms with Crippen LogP contribution in [0.5, 0.6) is 0 Å². The van der Waals surface area contributed by atoms with Crippen molar-refractivity contribution in [1.29, 1.82) is 0 Å². The Morgan fingerprint density at radius 1 is 1.06 bits per heavy atom. The van der Waals surface area contributed by atoms with Crippen molar-refractivity contribution in [1.82, 2.24) is 10.2 Å². The number of anilines is 1. The topological polar surface area (TPSA) is 86.8 Å². The molecule has 0 saturated carbocycles. The van der Waals surface area contributed by atoms with Crippen LogP contribution in [0.15, 0.2) is 46.9 Å². The number of sulfonamides is 1. The number of carbonyl (C=O) groups is 2. The smallest absolute Gasteiger partial charge is 0.242 e. The number of nitrogens with zero attached hydrogens (tertiary/aromatic N) is 2. The van der Waals surface area contributed by atoms with Crippen LogP contribution in [0.25, 0.3) is 0 Å². The summed E-state index contributed by atoms with van der Waals surface area (Å²) >= 11 is 3.40. The Morgan fingerprint density at radius 2 is 1.64 bits per heavy atom. The monoisotopic (exact) mass is 537 g/mol. The molecule has 0 aliphatic heterocycles. The summed E-state index contributed by atoms with van der Waals surface area (Å²) < 4.78 is 27.1. The van der Waals surface area contributed by atoms with Crippen LogP contribution in [-0.2, 0) is 26.2 Å². The third-order valence-electron chi connectivity index (χ3n) is 5.33. The van der Waals surface area contributed by atoms with Crippen LogP contribution in [-0.4, -0.2) is 51.0 Å². The van der Waals surface area contributed by atoms with Crippen LogP contribution in [0.3, 0.4) is 0 Å². The highest BCUT2D eigenvalue weighted by molar-refractivity contribution is 9.10. The van der Waals surface area contributed by atoms with E-state index in [1.54, 1.807) is 6.92 Å². The first-order valence-electron chi connectivity index (χ1n) is 10.7. The van der Waals surface area contributed by atoms with Gasteiger partial charge in [0.2, 0.25) is 21.8 Å². The minimum Gasteiger partial charge on any atom is -0.357 e. The quantitative estimate of drug-likeness (QED) is 0.499. The average Bonchev–Trinajstić information content (AvgIpc) is 2.73. The molecule has 0 saturated heterocycles. The summed E-state index contributed by atoms with van der Waals surface area (Å²) in [5.74, 6) is -0.462. The van der Waals surface area contributed by atoms with Crippen molar-refractivity contribution in [3.63, 3.8) is 0 Å². The zero-order chi connectivity index (χ0) is 24.8. The Balaban J connectivity index is 2.16. The largest absolute Gasteiger partial charge is 0.357 e. The summed E-state index contributed by atoms with van der Waals surface area (Å²) in [6, 6.07) is 12.5. The van der Waals surface area contributed by atoms with Crippen LogP contribution in [0.2, 0.25) is 0 Å². The van der Waals surface area contributed by atoms with E-state index in [0.29, 0.717) is 12.1 Å². The van der Waals surface area contributed by atoms with E-state index >= 15 is 0 Å². The normalized spacial score (nSPS) is 12.2. The van der Waals surface area contributed by atoms with Crippen molar-refractivity contribution in [2.45, 2.75) is 46.2 Å². The van der Waals surface area contributed by atoms with E-state index in [2.05, 4.69) is 21.2 Å². The molecule has 2 aromatic rings. The third-order valence-corrected chi connectivity index (χ3v) is 7.05. The van der Waals surface area contributed by atoms with Crippen molar-refractivity contribution < 1.29 is 18.0 Å². The van der Waals surface area contributed by atoms with Gasteiger partial charge in [0, 0.05) is 31.0 Å². The molecule has 33 heavy (non-hydrogen) atoms. The first-order valence-corrected chi connectivity index (χ1v) is 13.4. The Bertz CT molecular complexity index is 1070. The number of hydrogen-bond acceptors (Lipinski definition) is 4. The van der Waals surface area contributed by atoms with Crippen LogP contribution in [0.4, 0.5) is 5.69 Å². The molecule has 1 N–H and O–H groups in total. The third kappa shape index (κ3) is 7.85. The molecule has 2 aromatic carbocycles. The number of nitrogens with one attached hydrogen (secondary N) is 1. The molecular weight excluding hydrogens is 506 g/mol. The van der Waals surface area contributed by atoms with Crippen molar-refractivity contribution in [2.75, 3.05) is 24.2 Å². The Morgan fingerprint density at radius 3 is 2.15 bits per heavy atom. The van der Waals surface area contributed by atoms with Gasteiger partial charge in [-0.05, 0) is 68.1 Å². The van der Waals surface area contributed by atoms with E-state index < -0.39 is 16.1 Å². The van der Waals surface area contributed by atoms with E-state index in [0.717, 1.165) is 21.2 Å². The van der Waals surface area contributed by atoms with Crippen LogP contribution >= 0.6 is 15.9 Å². The van der Waals surface area contributed by atoms with Gasteiger partial charge in [-0.2, -0.15) is 0 Å². The lowest BCUT2D eigenvalue weighted by Gasteiger charge is -2.29. The van der Waals surface area contributed by atoms with Gasteiger partial charge in [0.25, 0.3) is 0 Å². The number of halogens is 1. The van der Waals surface area contributed by atoms with E-state index in [1.165, 1.54) is 22.5 Å². The lowest BCUT2D eigenvalue weighted by molar-refractivity contribution is -0.140. The molecule has 0 aliphatic rings. The fraction of sp³-hybridized carbons (Fsp3) is 0.417. The molecular formula is C24H32BrN3O4S. The minimum atomic E-state index is -3.52. The lowest BCUT2D eigenvalue weighted by atomic mass is 10.1. The SMILES string of the molecule is CNC(=O)[C@@H](C)N(Cc1ccc(Br)cc1)C(=O)CCCN(c1cc(C)cc(C)c1)S(C)(=O)=O. The molecule has 2 rings (SSSR count). The first-order chi connectivity index (χ1) is 15.4. The summed E-state index contributed by atoms with van der Waals surface area (Å²) in [5, 5.41) is 2.59. The molecule has 1 atom stereocenters. The Hall–Kier alpha value is -2.39. The number of benzene rings is 2. The molecule has 0 radical (unpaired) electrons. The summed E-state index contributed by atoms with van der Waals surface area (Å²) in [4.78, 5) is 26.9. The van der Waals surface area contributed by atoms with Crippen molar-refractivity contribution >= 4 is 43.5 Å². The average molecular weight is 539 g/mol. The molecule has 0 heterocycles. The maximum Gasteiger partial charge on any atom is 0.242 e. The van der Waals surface area contributed by atoms with Crippen molar-refractivity contribution in [3.05, 3.63) is 63.6 Å². The molecule has 2 amide bonds. The van der Waals surface area contributed by atoms with Gasteiger partial charge in [-0.15, -0.1) is 0 Å². The number of amides is 2. The molecule has 0 aromatic heterocycles. The number of carbonyl (C=O) groups excluding carboxylic acids is 2. The summed E-state index contributed by atoms with van der Waals surface area (Å²) in [7, 11) is -1.98.